The number of nitro groups is 1. The summed E-state index contributed by atoms with van der Waals surface area (Å²) in [5.74, 6) is 0.0879. The van der Waals surface area contributed by atoms with Crippen LogP contribution in [0.5, 0.6) is 0 Å². The predicted molar refractivity (Wildman–Crippen MR) is 91.3 cm³/mol. The molecule has 2 aromatic rings. The third-order valence-electron chi connectivity index (χ3n) is 4.17. The first-order valence-electron chi connectivity index (χ1n) is 7.92. The summed E-state index contributed by atoms with van der Waals surface area (Å²) in [5.41, 5.74) is -0.442. The van der Waals surface area contributed by atoms with Crippen molar-refractivity contribution in [3.05, 3.63) is 58.5 Å². The Balaban J connectivity index is 1.68. The van der Waals surface area contributed by atoms with Gasteiger partial charge in [0.1, 0.15) is 0 Å². The molecule has 0 radical (unpaired) electrons. The van der Waals surface area contributed by atoms with E-state index in [0.29, 0.717) is 13.1 Å². The van der Waals surface area contributed by atoms with Gasteiger partial charge in [0, 0.05) is 32.2 Å². The van der Waals surface area contributed by atoms with Crippen LogP contribution < -0.4 is 0 Å². The maximum absolute atomic E-state index is 12.7. The summed E-state index contributed by atoms with van der Waals surface area (Å²) in [7, 11) is -3.97. The van der Waals surface area contributed by atoms with E-state index >= 15 is 0 Å². The Kier molecular flexibility index (Phi) is 5.16. The maximum Gasteiger partial charge on any atom is 0.289 e. The standard InChI is InChI=1S/C16H17N3O6S/c20-14(15-5-3-11-25-15)12-17-7-9-18(10-8-17)26(23,24)16-6-2-1-4-13(16)19(21)22/h1-6,11H,7-10,12H2. The highest BCUT2D eigenvalue weighted by Crippen LogP contribution is 2.26. The zero-order valence-electron chi connectivity index (χ0n) is 13.8. The molecule has 1 aliphatic rings. The Morgan fingerprint density at radius 1 is 1.12 bits per heavy atom. The first-order chi connectivity index (χ1) is 12.4. The van der Waals surface area contributed by atoms with Gasteiger partial charge in [-0.15, -0.1) is 0 Å². The number of hydrogen-bond acceptors (Lipinski definition) is 7. The van der Waals surface area contributed by atoms with Crippen LogP contribution >= 0.6 is 0 Å². The summed E-state index contributed by atoms with van der Waals surface area (Å²) in [4.78, 5) is 24.0. The number of ketones is 1. The van der Waals surface area contributed by atoms with Crippen LogP contribution in [0.25, 0.3) is 0 Å². The van der Waals surface area contributed by atoms with Crippen molar-refractivity contribution >= 4 is 21.5 Å². The summed E-state index contributed by atoms with van der Waals surface area (Å²) in [6.45, 7) is 1.14. The van der Waals surface area contributed by atoms with Crippen molar-refractivity contribution < 1.29 is 22.6 Å². The Morgan fingerprint density at radius 2 is 1.81 bits per heavy atom. The molecule has 0 amide bonds. The fourth-order valence-electron chi connectivity index (χ4n) is 2.81. The lowest BCUT2D eigenvalue weighted by Gasteiger charge is -2.33. The van der Waals surface area contributed by atoms with Crippen LogP contribution in [0.15, 0.2) is 52.0 Å². The normalized spacial score (nSPS) is 16.5. The van der Waals surface area contributed by atoms with Gasteiger partial charge in [0.15, 0.2) is 10.7 Å². The second kappa shape index (κ2) is 7.36. The van der Waals surface area contributed by atoms with Gasteiger partial charge in [0.05, 0.1) is 17.7 Å². The van der Waals surface area contributed by atoms with Crippen LogP contribution in [-0.4, -0.2) is 61.1 Å². The number of para-hydroxylation sites is 1. The third kappa shape index (κ3) is 3.66. The number of carbonyl (C=O) groups excluding carboxylic acids is 1. The molecule has 1 aromatic carbocycles. The average Bonchev–Trinajstić information content (AvgIpc) is 3.17. The number of nitro benzene ring substituents is 1. The van der Waals surface area contributed by atoms with Gasteiger partial charge >= 0.3 is 0 Å². The second-order valence-corrected chi connectivity index (χ2v) is 7.71. The molecule has 0 aliphatic carbocycles. The van der Waals surface area contributed by atoms with Crippen molar-refractivity contribution in [2.75, 3.05) is 32.7 Å². The largest absolute Gasteiger partial charge is 0.461 e. The molecule has 0 spiro atoms. The van der Waals surface area contributed by atoms with E-state index in [-0.39, 0.29) is 36.1 Å². The average molecular weight is 379 g/mol. The molecule has 0 unspecified atom stereocenters. The van der Waals surface area contributed by atoms with Crippen LogP contribution in [0, 0.1) is 10.1 Å². The lowest BCUT2D eigenvalue weighted by atomic mass is 10.2. The van der Waals surface area contributed by atoms with Crippen molar-refractivity contribution in [1.82, 2.24) is 9.21 Å². The van der Waals surface area contributed by atoms with Gasteiger partial charge in [0.25, 0.3) is 5.69 Å². The summed E-state index contributed by atoms with van der Waals surface area (Å²) < 4.78 is 31.8. The highest BCUT2D eigenvalue weighted by atomic mass is 32.2. The number of rotatable bonds is 6. The quantitative estimate of drug-likeness (QED) is 0.423. The highest BCUT2D eigenvalue weighted by molar-refractivity contribution is 7.89. The molecule has 0 saturated carbocycles. The zero-order valence-corrected chi connectivity index (χ0v) is 14.6. The van der Waals surface area contributed by atoms with E-state index in [2.05, 4.69) is 0 Å². The summed E-state index contributed by atoms with van der Waals surface area (Å²) in [6.07, 6.45) is 1.42. The smallest absolute Gasteiger partial charge is 0.289 e. The van der Waals surface area contributed by atoms with Crippen LogP contribution in [-0.2, 0) is 10.0 Å². The molecule has 10 heteroatoms. The zero-order chi connectivity index (χ0) is 18.7. The van der Waals surface area contributed by atoms with E-state index in [0.717, 1.165) is 0 Å². The van der Waals surface area contributed by atoms with E-state index in [4.69, 9.17) is 4.42 Å². The lowest BCUT2D eigenvalue weighted by Crippen LogP contribution is -2.49. The topological polar surface area (TPSA) is 114 Å². The minimum absolute atomic E-state index is 0.132. The molecule has 1 saturated heterocycles. The van der Waals surface area contributed by atoms with Crippen molar-refractivity contribution in [2.45, 2.75) is 4.90 Å². The lowest BCUT2D eigenvalue weighted by molar-refractivity contribution is -0.387. The maximum atomic E-state index is 12.7. The molecule has 1 aliphatic heterocycles. The van der Waals surface area contributed by atoms with E-state index in [1.165, 1.54) is 34.8 Å². The number of nitrogens with zero attached hydrogens (tertiary/aromatic N) is 3. The van der Waals surface area contributed by atoms with Crippen molar-refractivity contribution in [3.63, 3.8) is 0 Å². The summed E-state index contributed by atoms with van der Waals surface area (Å²) in [5, 5.41) is 11.1. The monoisotopic (exact) mass is 379 g/mol. The van der Waals surface area contributed by atoms with Gasteiger partial charge in [-0.2, -0.15) is 4.31 Å². The number of Topliss-reactive ketones (excluding diaryl/α,β-unsaturated/α-hetero) is 1. The van der Waals surface area contributed by atoms with Gasteiger partial charge in [-0.1, -0.05) is 12.1 Å². The van der Waals surface area contributed by atoms with Crippen LogP contribution in [0.1, 0.15) is 10.6 Å². The van der Waals surface area contributed by atoms with E-state index in [1.807, 2.05) is 4.90 Å². The minimum atomic E-state index is -3.97. The van der Waals surface area contributed by atoms with Crippen molar-refractivity contribution in [3.8, 4) is 0 Å². The fourth-order valence-corrected chi connectivity index (χ4v) is 4.39. The fraction of sp³-hybridized carbons (Fsp3) is 0.312. The van der Waals surface area contributed by atoms with E-state index < -0.39 is 20.6 Å². The molecule has 0 atom stereocenters. The van der Waals surface area contributed by atoms with Crippen LogP contribution in [0.2, 0.25) is 0 Å². The van der Waals surface area contributed by atoms with E-state index in [9.17, 15) is 23.3 Å². The number of furan rings is 1. The van der Waals surface area contributed by atoms with Gasteiger partial charge in [-0.05, 0) is 18.2 Å². The van der Waals surface area contributed by atoms with Gasteiger partial charge in [-0.25, -0.2) is 8.42 Å². The number of benzene rings is 1. The molecule has 0 N–H and O–H groups in total. The van der Waals surface area contributed by atoms with Gasteiger partial charge in [-0.3, -0.25) is 19.8 Å². The minimum Gasteiger partial charge on any atom is -0.461 e. The molecule has 3 rings (SSSR count). The molecule has 138 valence electrons. The molecule has 2 heterocycles. The van der Waals surface area contributed by atoms with Crippen LogP contribution in [0.3, 0.4) is 0 Å². The predicted octanol–water partition coefficient (Wildman–Crippen LogP) is 1.38. The highest BCUT2D eigenvalue weighted by Gasteiger charge is 2.33. The Labute approximate surface area is 150 Å². The molecule has 26 heavy (non-hydrogen) atoms. The van der Waals surface area contributed by atoms with Gasteiger partial charge in [0.2, 0.25) is 15.8 Å². The number of carbonyl (C=O) groups is 1. The molecule has 1 aromatic heterocycles. The number of sulfonamides is 1. The third-order valence-corrected chi connectivity index (χ3v) is 6.12. The number of piperazine rings is 1. The molecule has 9 nitrogen and oxygen atoms in total. The Bertz CT molecular complexity index is 902. The SMILES string of the molecule is O=C(CN1CCN(S(=O)(=O)c2ccccc2[N+](=O)[O-])CC1)c1ccco1. The second-order valence-electron chi connectivity index (χ2n) is 5.81. The van der Waals surface area contributed by atoms with Crippen LogP contribution in [0.4, 0.5) is 5.69 Å². The Hall–Kier alpha value is -2.56. The first-order valence-corrected chi connectivity index (χ1v) is 9.36. The van der Waals surface area contributed by atoms with Gasteiger partial charge < -0.3 is 4.42 Å². The molecular weight excluding hydrogens is 362 g/mol. The summed E-state index contributed by atoms with van der Waals surface area (Å²) >= 11 is 0. The summed E-state index contributed by atoms with van der Waals surface area (Å²) in [6, 6.07) is 8.50. The molecular formula is C16H17N3O6S. The number of hydrogen-bond donors (Lipinski definition) is 0. The molecule has 0 bridgehead atoms. The van der Waals surface area contributed by atoms with Crippen molar-refractivity contribution in [2.24, 2.45) is 0 Å². The van der Waals surface area contributed by atoms with E-state index in [1.54, 1.807) is 12.1 Å². The Morgan fingerprint density at radius 3 is 2.42 bits per heavy atom. The molecule has 1 fully saturated rings. The van der Waals surface area contributed by atoms with Crippen molar-refractivity contribution in [1.29, 1.82) is 0 Å². The first kappa shape index (κ1) is 18.2.